The Kier molecular flexibility index (Phi) is 7.05. The molecule has 4 rings (SSSR count). The minimum absolute atomic E-state index is 0.000641. The fraction of sp³-hybridized carbons (Fsp3) is 0.0800. The number of halogens is 2. The quantitative estimate of drug-likeness (QED) is 0.140. The number of fused-ring (bicyclic) bond motifs is 2. The highest BCUT2D eigenvalue weighted by atomic mass is 79.9. The third-order valence-corrected chi connectivity index (χ3v) is 6.00. The standard InChI is InChI=1S/C25H19Br2N3O3/c1-2-11-33-25-16(12-17(26)13-20(25)27)14-28-29-23(31)15-30-21-9-5-3-7-18(21)24(32)19-8-4-6-10-22(19)30/h2-10,12-14H,1,11,15H2,(H,29,31). The van der Waals surface area contributed by atoms with Crippen molar-refractivity contribution in [2.45, 2.75) is 6.54 Å². The number of nitrogens with one attached hydrogen (secondary N) is 1. The van der Waals surface area contributed by atoms with Crippen molar-refractivity contribution in [3.8, 4) is 5.75 Å². The van der Waals surface area contributed by atoms with Gasteiger partial charge in [-0.05, 0) is 52.3 Å². The molecule has 0 aliphatic heterocycles. The molecule has 1 N–H and O–H groups in total. The van der Waals surface area contributed by atoms with Crippen LogP contribution in [0.25, 0.3) is 21.8 Å². The number of para-hydroxylation sites is 2. The van der Waals surface area contributed by atoms with Crippen molar-refractivity contribution in [3.05, 3.63) is 98.1 Å². The topological polar surface area (TPSA) is 72.7 Å². The summed E-state index contributed by atoms with van der Waals surface area (Å²) in [7, 11) is 0. The van der Waals surface area contributed by atoms with E-state index in [4.69, 9.17) is 4.74 Å². The molecule has 0 saturated carbocycles. The van der Waals surface area contributed by atoms with Gasteiger partial charge in [-0.2, -0.15) is 5.10 Å². The van der Waals surface area contributed by atoms with Gasteiger partial charge in [0.15, 0.2) is 5.43 Å². The molecule has 1 amide bonds. The molecule has 8 heteroatoms. The van der Waals surface area contributed by atoms with Crippen molar-refractivity contribution in [2.75, 3.05) is 6.61 Å². The van der Waals surface area contributed by atoms with Gasteiger partial charge in [0, 0.05) is 20.8 Å². The molecule has 33 heavy (non-hydrogen) atoms. The Morgan fingerprint density at radius 2 is 1.70 bits per heavy atom. The Morgan fingerprint density at radius 1 is 1.06 bits per heavy atom. The maximum Gasteiger partial charge on any atom is 0.260 e. The van der Waals surface area contributed by atoms with Gasteiger partial charge in [-0.1, -0.05) is 52.9 Å². The van der Waals surface area contributed by atoms with Crippen molar-refractivity contribution in [2.24, 2.45) is 5.10 Å². The molecule has 1 aromatic heterocycles. The van der Waals surface area contributed by atoms with E-state index in [1.54, 1.807) is 18.2 Å². The van der Waals surface area contributed by atoms with E-state index in [1.807, 2.05) is 53.1 Å². The molecule has 166 valence electrons. The predicted molar refractivity (Wildman–Crippen MR) is 139 cm³/mol. The van der Waals surface area contributed by atoms with Gasteiger partial charge >= 0.3 is 0 Å². The second-order valence-corrected chi connectivity index (χ2v) is 8.92. The van der Waals surface area contributed by atoms with E-state index in [2.05, 4.69) is 49.0 Å². The Balaban J connectivity index is 1.62. The van der Waals surface area contributed by atoms with Crippen molar-refractivity contribution in [3.63, 3.8) is 0 Å². The third-order valence-electron chi connectivity index (χ3n) is 4.96. The van der Waals surface area contributed by atoms with E-state index in [1.165, 1.54) is 6.21 Å². The van der Waals surface area contributed by atoms with E-state index in [9.17, 15) is 9.59 Å². The lowest BCUT2D eigenvalue weighted by molar-refractivity contribution is -0.121. The van der Waals surface area contributed by atoms with Gasteiger partial charge in [-0.25, -0.2) is 5.43 Å². The summed E-state index contributed by atoms with van der Waals surface area (Å²) in [6, 6.07) is 18.2. The number of benzene rings is 3. The summed E-state index contributed by atoms with van der Waals surface area (Å²) in [5.41, 5.74) is 4.58. The predicted octanol–water partition coefficient (Wildman–Crippen LogP) is 5.39. The fourth-order valence-electron chi connectivity index (χ4n) is 3.57. The molecule has 0 radical (unpaired) electrons. The highest BCUT2D eigenvalue weighted by Crippen LogP contribution is 2.32. The lowest BCUT2D eigenvalue weighted by Crippen LogP contribution is -2.25. The number of amides is 1. The Labute approximate surface area is 206 Å². The molecule has 0 atom stereocenters. The second kappa shape index (κ2) is 10.1. The first-order chi connectivity index (χ1) is 16.0. The number of ether oxygens (including phenoxy) is 1. The first kappa shape index (κ1) is 22.9. The number of rotatable bonds is 7. The smallest absolute Gasteiger partial charge is 0.260 e. The van der Waals surface area contributed by atoms with Gasteiger partial charge in [0.2, 0.25) is 0 Å². The van der Waals surface area contributed by atoms with Crippen LogP contribution in [0.4, 0.5) is 0 Å². The average molecular weight is 569 g/mol. The monoisotopic (exact) mass is 567 g/mol. The molecular formula is C25H19Br2N3O3. The molecule has 0 unspecified atom stereocenters. The molecule has 6 nitrogen and oxygen atoms in total. The molecule has 4 aromatic rings. The van der Waals surface area contributed by atoms with Gasteiger partial charge < -0.3 is 9.30 Å². The Morgan fingerprint density at radius 3 is 2.33 bits per heavy atom. The van der Waals surface area contributed by atoms with Crippen molar-refractivity contribution in [1.82, 2.24) is 9.99 Å². The highest BCUT2D eigenvalue weighted by Gasteiger charge is 2.13. The van der Waals surface area contributed by atoms with Crippen LogP contribution in [0.5, 0.6) is 5.75 Å². The second-order valence-electron chi connectivity index (χ2n) is 7.15. The zero-order valence-corrected chi connectivity index (χ0v) is 20.6. The normalized spacial score (nSPS) is 11.2. The van der Waals surface area contributed by atoms with Crippen LogP contribution in [-0.2, 0) is 11.3 Å². The van der Waals surface area contributed by atoms with Gasteiger partial charge in [-0.15, -0.1) is 0 Å². The first-order valence-corrected chi connectivity index (χ1v) is 11.6. The number of hydrazone groups is 1. The summed E-state index contributed by atoms with van der Waals surface area (Å²) in [5, 5.41) is 5.25. The zero-order valence-electron chi connectivity index (χ0n) is 17.4. The van der Waals surface area contributed by atoms with Crippen LogP contribution >= 0.6 is 31.9 Å². The summed E-state index contributed by atoms with van der Waals surface area (Å²) >= 11 is 6.93. The zero-order chi connectivity index (χ0) is 23.4. The maximum atomic E-state index is 12.9. The van der Waals surface area contributed by atoms with Crippen LogP contribution in [0.3, 0.4) is 0 Å². The van der Waals surface area contributed by atoms with Crippen molar-refractivity contribution in [1.29, 1.82) is 0 Å². The van der Waals surface area contributed by atoms with Crippen LogP contribution in [-0.4, -0.2) is 23.3 Å². The number of aromatic nitrogens is 1. The Bertz CT molecular complexity index is 1400. The minimum atomic E-state index is -0.326. The van der Waals surface area contributed by atoms with Crippen molar-refractivity contribution >= 4 is 65.8 Å². The average Bonchev–Trinajstić information content (AvgIpc) is 2.81. The van der Waals surface area contributed by atoms with Crippen molar-refractivity contribution < 1.29 is 9.53 Å². The molecular weight excluding hydrogens is 550 g/mol. The van der Waals surface area contributed by atoms with Crippen LogP contribution in [0, 0.1) is 0 Å². The van der Waals surface area contributed by atoms with Gasteiger partial charge in [0.05, 0.1) is 21.7 Å². The third kappa shape index (κ3) is 4.91. The summed E-state index contributed by atoms with van der Waals surface area (Å²) in [4.78, 5) is 25.6. The van der Waals surface area contributed by atoms with E-state index in [0.29, 0.717) is 39.7 Å². The number of pyridine rings is 1. The number of hydrogen-bond donors (Lipinski definition) is 1. The molecule has 0 spiro atoms. The summed E-state index contributed by atoms with van der Waals surface area (Å²) < 4.78 is 9.11. The van der Waals surface area contributed by atoms with E-state index >= 15 is 0 Å². The minimum Gasteiger partial charge on any atom is -0.488 e. The highest BCUT2D eigenvalue weighted by molar-refractivity contribution is 9.11. The van der Waals surface area contributed by atoms with Gasteiger partial charge in [0.25, 0.3) is 5.91 Å². The van der Waals surface area contributed by atoms with E-state index in [0.717, 1.165) is 8.95 Å². The fourth-order valence-corrected chi connectivity index (χ4v) is 4.94. The van der Waals surface area contributed by atoms with Gasteiger partial charge in [0.1, 0.15) is 18.9 Å². The molecule has 0 aliphatic rings. The van der Waals surface area contributed by atoms with Crippen LogP contribution in [0.1, 0.15) is 5.56 Å². The van der Waals surface area contributed by atoms with Gasteiger partial charge in [-0.3, -0.25) is 9.59 Å². The van der Waals surface area contributed by atoms with Crippen LogP contribution in [0.2, 0.25) is 0 Å². The molecule has 0 fully saturated rings. The molecule has 1 heterocycles. The summed E-state index contributed by atoms with van der Waals surface area (Å²) in [6.07, 6.45) is 3.17. The molecule has 0 saturated heterocycles. The number of nitrogens with zero attached hydrogens (tertiary/aromatic N) is 2. The summed E-state index contributed by atoms with van der Waals surface area (Å²) in [5.74, 6) is 0.265. The van der Waals surface area contributed by atoms with Crippen LogP contribution < -0.4 is 15.6 Å². The first-order valence-electron chi connectivity index (χ1n) is 10.0. The number of carbonyl (C=O) groups excluding carboxylic acids is 1. The Hall–Kier alpha value is -3.23. The number of hydrogen-bond acceptors (Lipinski definition) is 4. The van der Waals surface area contributed by atoms with E-state index in [-0.39, 0.29) is 17.9 Å². The molecule has 3 aromatic carbocycles. The lowest BCUT2D eigenvalue weighted by Gasteiger charge is -2.14. The summed E-state index contributed by atoms with van der Waals surface area (Å²) in [6.45, 7) is 4.00. The molecule has 0 aliphatic carbocycles. The molecule has 0 bridgehead atoms. The SMILES string of the molecule is C=CCOc1c(Br)cc(Br)cc1C=NNC(=O)Cn1c2ccccc2c(=O)c2ccccc21. The number of carbonyl (C=O) groups is 1. The lowest BCUT2D eigenvalue weighted by atomic mass is 10.1. The maximum absolute atomic E-state index is 12.9. The van der Waals surface area contributed by atoms with E-state index < -0.39 is 0 Å². The largest absolute Gasteiger partial charge is 0.488 e. The van der Waals surface area contributed by atoms with Crippen LogP contribution in [0.15, 0.2) is 92.2 Å².